The predicted molar refractivity (Wildman–Crippen MR) is 85.7 cm³/mol. The van der Waals surface area contributed by atoms with Crippen LogP contribution in [0.2, 0.25) is 0 Å². The molecule has 118 valence electrons. The summed E-state index contributed by atoms with van der Waals surface area (Å²) in [7, 11) is 0. The molecular formula is C17H23N3O2. The van der Waals surface area contributed by atoms with E-state index in [4.69, 9.17) is 4.74 Å². The van der Waals surface area contributed by atoms with Crippen LogP contribution in [-0.4, -0.2) is 24.6 Å². The van der Waals surface area contributed by atoms with Crippen LogP contribution in [0.25, 0.3) is 0 Å². The van der Waals surface area contributed by atoms with Crippen molar-refractivity contribution in [1.29, 1.82) is 5.26 Å². The second-order valence-corrected chi connectivity index (χ2v) is 5.59. The maximum absolute atomic E-state index is 12.2. The van der Waals surface area contributed by atoms with E-state index in [2.05, 4.69) is 16.7 Å². The number of amides is 1. The van der Waals surface area contributed by atoms with Gasteiger partial charge in [-0.05, 0) is 31.9 Å². The molecule has 0 unspecified atom stereocenters. The summed E-state index contributed by atoms with van der Waals surface area (Å²) in [5.41, 5.74) is 0.102. The number of hydrogen-bond donors (Lipinski definition) is 2. The van der Waals surface area contributed by atoms with Crippen molar-refractivity contribution in [3.05, 3.63) is 24.3 Å². The Kier molecular flexibility index (Phi) is 5.65. The molecule has 1 amide bonds. The third-order valence-corrected chi connectivity index (χ3v) is 3.93. The summed E-state index contributed by atoms with van der Waals surface area (Å²) >= 11 is 0. The Morgan fingerprint density at radius 3 is 2.73 bits per heavy atom. The van der Waals surface area contributed by atoms with Crippen molar-refractivity contribution >= 4 is 11.6 Å². The van der Waals surface area contributed by atoms with Gasteiger partial charge in [0.1, 0.15) is 11.3 Å². The van der Waals surface area contributed by atoms with Crippen LogP contribution in [0.5, 0.6) is 5.75 Å². The first-order chi connectivity index (χ1) is 10.7. The van der Waals surface area contributed by atoms with Gasteiger partial charge in [-0.25, -0.2) is 0 Å². The first-order valence-electron chi connectivity index (χ1n) is 7.87. The van der Waals surface area contributed by atoms with Crippen LogP contribution in [0.4, 0.5) is 5.69 Å². The molecular weight excluding hydrogens is 278 g/mol. The molecule has 0 heterocycles. The Morgan fingerprint density at radius 2 is 2.05 bits per heavy atom. The highest BCUT2D eigenvalue weighted by Crippen LogP contribution is 2.27. The van der Waals surface area contributed by atoms with Crippen LogP contribution in [0, 0.1) is 11.3 Å². The Balaban J connectivity index is 1.91. The zero-order valence-corrected chi connectivity index (χ0v) is 13.0. The molecule has 2 N–H and O–H groups in total. The average Bonchev–Trinajstić information content (AvgIpc) is 2.55. The molecule has 1 fully saturated rings. The van der Waals surface area contributed by atoms with E-state index in [0.717, 1.165) is 43.5 Å². The normalized spacial score (nSPS) is 16.4. The molecule has 1 aromatic carbocycles. The highest BCUT2D eigenvalue weighted by molar-refractivity contribution is 5.82. The van der Waals surface area contributed by atoms with Gasteiger partial charge in [0.05, 0.1) is 24.9 Å². The Morgan fingerprint density at radius 1 is 1.32 bits per heavy atom. The third-order valence-electron chi connectivity index (χ3n) is 3.93. The number of benzene rings is 1. The van der Waals surface area contributed by atoms with Gasteiger partial charge in [0.25, 0.3) is 0 Å². The van der Waals surface area contributed by atoms with Crippen LogP contribution in [0.1, 0.15) is 39.0 Å². The zero-order chi connectivity index (χ0) is 15.8. The van der Waals surface area contributed by atoms with Gasteiger partial charge in [-0.1, -0.05) is 31.4 Å². The number of hydrogen-bond acceptors (Lipinski definition) is 4. The fraction of sp³-hybridized carbons (Fsp3) is 0.529. The largest absolute Gasteiger partial charge is 0.492 e. The molecule has 0 bridgehead atoms. The molecule has 5 nitrogen and oxygen atoms in total. The molecule has 1 aromatic rings. The quantitative estimate of drug-likeness (QED) is 0.847. The predicted octanol–water partition coefficient (Wildman–Crippen LogP) is 2.84. The molecule has 0 radical (unpaired) electrons. The number of nitrogens with one attached hydrogen (secondary N) is 2. The monoisotopic (exact) mass is 301 g/mol. The maximum atomic E-state index is 12.2. The van der Waals surface area contributed by atoms with E-state index >= 15 is 0 Å². The fourth-order valence-corrected chi connectivity index (χ4v) is 2.80. The standard InChI is InChI=1S/C17H23N3O2/c1-2-22-15-9-5-4-8-14(15)19-12-16(21)20-17(13-18)10-6-3-7-11-17/h4-5,8-9,19H,2-3,6-7,10-12H2,1H3,(H,20,21). The Bertz CT molecular complexity index is 545. The van der Waals surface area contributed by atoms with Crippen molar-refractivity contribution in [3.8, 4) is 11.8 Å². The van der Waals surface area contributed by atoms with E-state index in [0.29, 0.717) is 6.61 Å². The van der Waals surface area contributed by atoms with Crippen molar-refractivity contribution in [2.24, 2.45) is 0 Å². The highest BCUT2D eigenvalue weighted by atomic mass is 16.5. The van der Waals surface area contributed by atoms with E-state index in [-0.39, 0.29) is 12.5 Å². The van der Waals surface area contributed by atoms with Gasteiger partial charge in [-0.3, -0.25) is 4.79 Å². The molecule has 5 heteroatoms. The molecule has 0 spiro atoms. The number of carbonyl (C=O) groups is 1. The lowest BCUT2D eigenvalue weighted by atomic mass is 9.83. The van der Waals surface area contributed by atoms with E-state index in [1.807, 2.05) is 31.2 Å². The summed E-state index contributed by atoms with van der Waals surface area (Å²) in [4.78, 5) is 12.2. The molecule has 22 heavy (non-hydrogen) atoms. The van der Waals surface area contributed by atoms with E-state index in [1.54, 1.807) is 0 Å². The van der Waals surface area contributed by atoms with Crippen molar-refractivity contribution < 1.29 is 9.53 Å². The van der Waals surface area contributed by atoms with E-state index in [1.165, 1.54) is 0 Å². The molecule has 0 aromatic heterocycles. The lowest BCUT2D eigenvalue weighted by Crippen LogP contribution is -2.50. The molecule has 1 saturated carbocycles. The Labute approximate surface area is 131 Å². The number of ether oxygens (including phenoxy) is 1. The minimum Gasteiger partial charge on any atom is -0.492 e. The van der Waals surface area contributed by atoms with Gasteiger partial charge in [-0.15, -0.1) is 0 Å². The second kappa shape index (κ2) is 7.69. The minimum absolute atomic E-state index is 0.132. The zero-order valence-electron chi connectivity index (χ0n) is 13.0. The number of nitriles is 1. The summed E-state index contributed by atoms with van der Waals surface area (Å²) in [5.74, 6) is 0.570. The molecule has 2 rings (SSSR count). The number of nitrogens with zero attached hydrogens (tertiary/aromatic N) is 1. The summed E-state index contributed by atoms with van der Waals surface area (Å²) in [6.07, 6.45) is 4.61. The van der Waals surface area contributed by atoms with Crippen molar-refractivity contribution in [3.63, 3.8) is 0 Å². The summed E-state index contributed by atoms with van der Waals surface area (Å²) < 4.78 is 5.51. The number of para-hydroxylation sites is 2. The van der Waals surface area contributed by atoms with Crippen LogP contribution >= 0.6 is 0 Å². The summed E-state index contributed by atoms with van der Waals surface area (Å²) in [6, 6.07) is 9.81. The van der Waals surface area contributed by atoms with Crippen molar-refractivity contribution in [1.82, 2.24) is 5.32 Å². The minimum atomic E-state index is -0.684. The van der Waals surface area contributed by atoms with Crippen LogP contribution in [0.3, 0.4) is 0 Å². The van der Waals surface area contributed by atoms with Gasteiger partial charge in [0.15, 0.2) is 0 Å². The summed E-state index contributed by atoms with van der Waals surface area (Å²) in [5, 5.41) is 15.4. The van der Waals surface area contributed by atoms with Crippen LogP contribution < -0.4 is 15.4 Å². The Hall–Kier alpha value is -2.22. The average molecular weight is 301 g/mol. The van der Waals surface area contributed by atoms with Gasteiger partial charge >= 0.3 is 0 Å². The third kappa shape index (κ3) is 4.14. The molecule has 1 aliphatic carbocycles. The fourth-order valence-electron chi connectivity index (χ4n) is 2.80. The van der Waals surface area contributed by atoms with E-state index < -0.39 is 5.54 Å². The molecule has 1 aliphatic rings. The lowest BCUT2D eigenvalue weighted by molar-refractivity contribution is -0.121. The molecule has 0 aliphatic heterocycles. The number of carbonyl (C=O) groups excluding carboxylic acids is 1. The number of anilines is 1. The summed E-state index contributed by atoms with van der Waals surface area (Å²) in [6.45, 7) is 2.62. The molecule has 0 atom stereocenters. The topological polar surface area (TPSA) is 74.2 Å². The highest BCUT2D eigenvalue weighted by Gasteiger charge is 2.33. The SMILES string of the molecule is CCOc1ccccc1NCC(=O)NC1(C#N)CCCCC1. The maximum Gasteiger partial charge on any atom is 0.240 e. The van der Waals surface area contributed by atoms with Crippen molar-refractivity contribution in [2.75, 3.05) is 18.5 Å². The number of rotatable bonds is 6. The van der Waals surface area contributed by atoms with E-state index in [9.17, 15) is 10.1 Å². The van der Waals surface area contributed by atoms with Gasteiger partial charge in [-0.2, -0.15) is 5.26 Å². The van der Waals surface area contributed by atoms with Gasteiger partial charge < -0.3 is 15.4 Å². The first kappa shape index (κ1) is 16.2. The smallest absolute Gasteiger partial charge is 0.240 e. The second-order valence-electron chi connectivity index (χ2n) is 5.59. The van der Waals surface area contributed by atoms with Gasteiger partial charge in [0.2, 0.25) is 5.91 Å². The van der Waals surface area contributed by atoms with Crippen LogP contribution in [0.15, 0.2) is 24.3 Å². The van der Waals surface area contributed by atoms with Crippen LogP contribution in [-0.2, 0) is 4.79 Å². The first-order valence-corrected chi connectivity index (χ1v) is 7.87. The lowest BCUT2D eigenvalue weighted by Gasteiger charge is -2.31. The van der Waals surface area contributed by atoms with Gasteiger partial charge in [0, 0.05) is 0 Å². The molecule has 0 saturated heterocycles. The van der Waals surface area contributed by atoms with Crippen molar-refractivity contribution in [2.45, 2.75) is 44.6 Å².